The van der Waals surface area contributed by atoms with Crippen LogP contribution in [0.15, 0.2) is 11.6 Å². The van der Waals surface area contributed by atoms with E-state index < -0.39 is 0 Å². The molecule has 1 fully saturated rings. The summed E-state index contributed by atoms with van der Waals surface area (Å²) < 4.78 is 0. The number of urea groups is 1. The molecule has 0 aromatic carbocycles. The van der Waals surface area contributed by atoms with Gasteiger partial charge in [0.1, 0.15) is 0 Å². The molecule has 4 nitrogen and oxygen atoms in total. The smallest absolute Gasteiger partial charge is 0.314 e. The highest BCUT2D eigenvalue weighted by Crippen LogP contribution is 2.14. The van der Waals surface area contributed by atoms with Gasteiger partial charge in [0.05, 0.1) is 0 Å². The summed E-state index contributed by atoms with van der Waals surface area (Å²) in [5, 5.41) is 0. The van der Waals surface area contributed by atoms with Crippen molar-refractivity contribution in [3.63, 3.8) is 0 Å². The van der Waals surface area contributed by atoms with Crippen molar-refractivity contribution >= 4 is 6.03 Å². The molecular weight excluding hydrogens is 154 g/mol. The lowest BCUT2D eigenvalue weighted by atomic mass is 10.0. The second kappa shape index (κ2) is 4.11. The Bertz CT molecular complexity index is 190. The van der Waals surface area contributed by atoms with Crippen LogP contribution < -0.4 is 11.5 Å². The zero-order valence-corrected chi connectivity index (χ0v) is 7.12. The van der Waals surface area contributed by atoms with E-state index in [4.69, 9.17) is 11.5 Å². The Balaban J connectivity index is 2.39. The molecule has 12 heavy (non-hydrogen) atoms. The van der Waals surface area contributed by atoms with E-state index in [0.29, 0.717) is 6.54 Å². The van der Waals surface area contributed by atoms with Crippen LogP contribution in [-0.4, -0.2) is 30.6 Å². The minimum absolute atomic E-state index is 0.318. The lowest BCUT2D eigenvalue weighted by Crippen LogP contribution is -2.39. The highest BCUT2D eigenvalue weighted by Gasteiger charge is 2.15. The summed E-state index contributed by atoms with van der Waals surface area (Å²) in [5.41, 5.74) is 11.8. The van der Waals surface area contributed by atoms with Gasteiger partial charge in [-0.05, 0) is 12.8 Å². The fraction of sp³-hybridized carbons (Fsp3) is 0.625. The number of nitrogens with zero attached hydrogens (tertiary/aromatic N) is 1. The largest absolute Gasteiger partial charge is 0.351 e. The first-order chi connectivity index (χ1) is 5.74. The van der Waals surface area contributed by atoms with Crippen LogP contribution in [-0.2, 0) is 0 Å². The Kier molecular flexibility index (Phi) is 3.10. The SMILES string of the molecule is NCC=C1CCN(C(N)=O)CC1. The van der Waals surface area contributed by atoms with Crippen molar-refractivity contribution < 1.29 is 4.79 Å². The lowest BCUT2D eigenvalue weighted by Gasteiger charge is -2.26. The van der Waals surface area contributed by atoms with Gasteiger partial charge >= 0.3 is 6.03 Å². The molecule has 1 heterocycles. The minimum atomic E-state index is -0.318. The number of piperidine rings is 1. The molecule has 0 aromatic heterocycles. The Hall–Kier alpha value is -1.03. The van der Waals surface area contributed by atoms with Crippen molar-refractivity contribution in [3.8, 4) is 0 Å². The highest BCUT2D eigenvalue weighted by atomic mass is 16.2. The molecule has 1 rings (SSSR count). The number of rotatable bonds is 1. The summed E-state index contributed by atoms with van der Waals surface area (Å²) in [6.07, 6.45) is 3.86. The first kappa shape index (κ1) is 9.06. The molecule has 0 aliphatic carbocycles. The third-order valence-corrected chi connectivity index (χ3v) is 2.12. The predicted molar refractivity (Wildman–Crippen MR) is 47.5 cm³/mol. The van der Waals surface area contributed by atoms with Gasteiger partial charge in [0.2, 0.25) is 0 Å². The third-order valence-electron chi connectivity index (χ3n) is 2.12. The average molecular weight is 169 g/mol. The fourth-order valence-electron chi connectivity index (χ4n) is 1.39. The van der Waals surface area contributed by atoms with Crippen molar-refractivity contribution in [2.75, 3.05) is 19.6 Å². The maximum absolute atomic E-state index is 10.7. The van der Waals surface area contributed by atoms with Gasteiger partial charge < -0.3 is 16.4 Å². The van der Waals surface area contributed by atoms with Crippen LogP contribution in [0.3, 0.4) is 0 Å². The highest BCUT2D eigenvalue weighted by molar-refractivity contribution is 5.72. The molecule has 1 aliphatic rings. The van der Waals surface area contributed by atoms with E-state index in [1.807, 2.05) is 6.08 Å². The second-order valence-corrected chi connectivity index (χ2v) is 2.92. The number of hydrogen-bond acceptors (Lipinski definition) is 2. The summed E-state index contributed by atoms with van der Waals surface area (Å²) in [6, 6.07) is -0.318. The standard InChI is InChI=1S/C8H15N3O/c9-4-1-7-2-5-11(6-3-7)8(10)12/h1H,2-6,9H2,(H2,10,12). The van der Waals surface area contributed by atoms with Crippen LogP contribution in [0.25, 0.3) is 0 Å². The third kappa shape index (κ3) is 2.23. The summed E-state index contributed by atoms with van der Waals surface area (Å²) in [7, 11) is 0. The Morgan fingerprint density at radius 3 is 2.50 bits per heavy atom. The van der Waals surface area contributed by atoms with Crippen molar-refractivity contribution in [1.29, 1.82) is 0 Å². The van der Waals surface area contributed by atoms with Gasteiger partial charge in [-0.1, -0.05) is 11.6 Å². The number of amides is 2. The maximum Gasteiger partial charge on any atom is 0.314 e. The van der Waals surface area contributed by atoms with Crippen LogP contribution >= 0.6 is 0 Å². The molecule has 2 amide bonds. The molecule has 0 radical (unpaired) electrons. The summed E-state index contributed by atoms with van der Waals surface area (Å²) >= 11 is 0. The van der Waals surface area contributed by atoms with Gasteiger partial charge in [0.15, 0.2) is 0 Å². The monoisotopic (exact) mass is 169 g/mol. The zero-order valence-electron chi connectivity index (χ0n) is 7.12. The fourth-order valence-corrected chi connectivity index (χ4v) is 1.39. The number of carbonyl (C=O) groups excluding carboxylic acids is 1. The van der Waals surface area contributed by atoms with E-state index >= 15 is 0 Å². The molecule has 0 aromatic rings. The number of nitrogens with two attached hydrogens (primary N) is 2. The Morgan fingerprint density at radius 1 is 1.50 bits per heavy atom. The van der Waals surface area contributed by atoms with E-state index in [1.54, 1.807) is 4.90 Å². The summed E-state index contributed by atoms with van der Waals surface area (Å²) in [6.45, 7) is 2.06. The van der Waals surface area contributed by atoms with Crippen LogP contribution in [0.4, 0.5) is 4.79 Å². The molecule has 68 valence electrons. The van der Waals surface area contributed by atoms with Gasteiger partial charge in [0, 0.05) is 19.6 Å². The molecule has 4 heteroatoms. The van der Waals surface area contributed by atoms with E-state index in [1.165, 1.54) is 5.57 Å². The van der Waals surface area contributed by atoms with Crippen molar-refractivity contribution in [1.82, 2.24) is 4.90 Å². The summed E-state index contributed by atoms with van der Waals surface area (Å²) in [5.74, 6) is 0. The Labute approximate surface area is 72.2 Å². The van der Waals surface area contributed by atoms with Crippen molar-refractivity contribution in [3.05, 3.63) is 11.6 Å². The van der Waals surface area contributed by atoms with Crippen LogP contribution in [0, 0.1) is 0 Å². The van der Waals surface area contributed by atoms with Gasteiger partial charge in [-0.25, -0.2) is 4.79 Å². The van der Waals surface area contributed by atoms with E-state index in [-0.39, 0.29) is 6.03 Å². The lowest BCUT2D eigenvalue weighted by molar-refractivity contribution is 0.203. The first-order valence-corrected chi connectivity index (χ1v) is 4.16. The maximum atomic E-state index is 10.7. The number of likely N-dealkylation sites (tertiary alicyclic amines) is 1. The van der Waals surface area contributed by atoms with Gasteiger partial charge in [-0.15, -0.1) is 0 Å². The van der Waals surface area contributed by atoms with Gasteiger partial charge in [0.25, 0.3) is 0 Å². The Morgan fingerprint density at radius 2 is 2.08 bits per heavy atom. The predicted octanol–water partition coefficient (Wildman–Crippen LogP) is 0.0460. The van der Waals surface area contributed by atoms with E-state index in [2.05, 4.69) is 0 Å². The normalized spacial score (nSPS) is 17.8. The molecular formula is C8H15N3O. The van der Waals surface area contributed by atoms with Gasteiger partial charge in [-0.2, -0.15) is 0 Å². The second-order valence-electron chi connectivity index (χ2n) is 2.92. The number of hydrogen-bond donors (Lipinski definition) is 2. The molecule has 1 saturated heterocycles. The molecule has 4 N–H and O–H groups in total. The molecule has 0 bridgehead atoms. The van der Waals surface area contributed by atoms with Crippen molar-refractivity contribution in [2.45, 2.75) is 12.8 Å². The first-order valence-electron chi connectivity index (χ1n) is 4.16. The van der Waals surface area contributed by atoms with E-state index in [9.17, 15) is 4.79 Å². The van der Waals surface area contributed by atoms with Crippen LogP contribution in [0.1, 0.15) is 12.8 Å². The quantitative estimate of drug-likeness (QED) is 0.544. The molecule has 1 aliphatic heterocycles. The molecule has 0 spiro atoms. The van der Waals surface area contributed by atoms with Crippen molar-refractivity contribution in [2.24, 2.45) is 11.5 Å². The van der Waals surface area contributed by atoms with Crippen LogP contribution in [0.5, 0.6) is 0 Å². The minimum Gasteiger partial charge on any atom is -0.351 e. The number of primary amides is 1. The number of carbonyl (C=O) groups is 1. The van der Waals surface area contributed by atoms with Crippen LogP contribution in [0.2, 0.25) is 0 Å². The molecule has 0 atom stereocenters. The van der Waals surface area contributed by atoms with Gasteiger partial charge in [-0.3, -0.25) is 0 Å². The van der Waals surface area contributed by atoms with E-state index in [0.717, 1.165) is 25.9 Å². The summed E-state index contributed by atoms with van der Waals surface area (Å²) in [4.78, 5) is 12.4. The topological polar surface area (TPSA) is 72.3 Å². The average Bonchev–Trinajstić information content (AvgIpc) is 2.06. The molecule has 0 unspecified atom stereocenters. The zero-order chi connectivity index (χ0) is 8.97. The molecule has 0 saturated carbocycles.